The third-order valence-electron chi connectivity index (χ3n) is 7.73. The minimum Gasteiger partial charge on any atom is -0.512 e. The van der Waals surface area contributed by atoms with Crippen LogP contribution in [0.4, 0.5) is 0 Å². The number of nitrogens with zero attached hydrogens (tertiary/aromatic N) is 1. The van der Waals surface area contributed by atoms with Gasteiger partial charge in [0.05, 0.1) is 5.76 Å². The summed E-state index contributed by atoms with van der Waals surface area (Å²) in [5.41, 5.74) is 5.42. The zero-order valence-corrected chi connectivity index (χ0v) is 23.2. The third-order valence-corrected chi connectivity index (χ3v) is 7.73. The van der Waals surface area contributed by atoms with E-state index in [2.05, 4.69) is 71.9 Å². The Labute approximate surface area is 211 Å². The first-order valence-corrected chi connectivity index (χ1v) is 11.1. The molecule has 3 nitrogen and oxygen atoms in total. The third kappa shape index (κ3) is 4.83. The number of aliphatic hydroxyl groups excluding tert-OH is 1. The molecule has 0 atom stereocenters. The molecule has 4 heteroatoms. The van der Waals surface area contributed by atoms with Gasteiger partial charge in [0.1, 0.15) is 0 Å². The Kier molecular flexibility index (Phi) is 7.78. The van der Waals surface area contributed by atoms with E-state index in [1.807, 2.05) is 24.4 Å². The van der Waals surface area contributed by atoms with Gasteiger partial charge in [0.25, 0.3) is 0 Å². The molecule has 3 aromatic rings. The molecular weight excluding hydrogens is 587 g/mol. The van der Waals surface area contributed by atoms with Gasteiger partial charge >= 0.3 is 0 Å². The number of carbonyl (C=O) groups excluding carboxylic acids is 1. The van der Waals surface area contributed by atoms with Crippen LogP contribution in [-0.2, 0) is 35.7 Å². The van der Waals surface area contributed by atoms with Gasteiger partial charge in [-0.05, 0) is 63.8 Å². The molecule has 0 saturated carbocycles. The SMILES string of the molecule is CC(=O)C=C(C)O.CC1(C)c2cc3cnc(-c4[c-]cccc4)cc3cc2C(C)(C)C1(C)C.[Ir]. The summed E-state index contributed by atoms with van der Waals surface area (Å²) in [4.78, 5) is 14.7. The first kappa shape index (κ1) is 27.0. The molecule has 1 aromatic heterocycles. The predicted molar refractivity (Wildman–Crippen MR) is 133 cm³/mol. The first-order valence-electron chi connectivity index (χ1n) is 11.1. The number of ketones is 1. The maximum absolute atomic E-state index is 10.0. The first-order chi connectivity index (χ1) is 14.8. The largest absolute Gasteiger partial charge is 0.512 e. The zero-order chi connectivity index (χ0) is 23.9. The Morgan fingerprint density at radius 2 is 1.52 bits per heavy atom. The molecule has 1 aliphatic carbocycles. The van der Waals surface area contributed by atoms with E-state index in [1.165, 1.54) is 41.8 Å². The maximum Gasteiger partial charge on any atom is 0.155 e. The van der Waals surface area contributed by atoms with Crippen LogP contribution in [0.3, 0.4) is 0 Å². The summed E-state index contributed by atoms with van der Waals surface area (Å²) in [6.07, 6.45) is 3.18. The molecule has 0 amide bonds. The quantitative estimate of drug-likeness (QED) is 0.185. The van der Waals surface area contributed by atoms with Crippen LogP contribution >= 0.6 is 0 Å². The van der Waals surface area contributed by atoms with Crippen LogP contribution in [0.25, 0.3) is 22.0 Å². The molecule has 0 saturated heterocycles. The van der Waals surface area contributed by atoms with Gasteiger partial charge in [-0.3, -0.25) is 4.79 Å². The van der Waals surface area contributed by atoms with Gasteiger partial charge in [-0.15, -0.1) is 35.9 Å². The molecule has 4 rings (SSSR count). The van der Waals surface area contributed by atoms with E-state index in [0.29, 0.717) is 0 Å². The molecule has 1 aliphatic rings. The van der Waals surface area contributed by atoms with Crippen LogP contribution in [0, 0.1) is 11.5 Å². The van der Waals surface area contributed by atoms with Crippen molar-refractivity contribution in [2.24, 2.45) is 5.41 Å². The fraction of sp³-hybridized carbons (Fsp3) is 0.379. The minimum absolute atomic E-state index is 0. The number of hydrogen-bond donors (Lipinski definition) is 1. The van der Waals surface area contributed by atoms with Crippen molar-refractivity contribution in [3.05, 3.63) is 77.7 Å². The van der Waals surface area contributed by atoms with Crippen LogP contribution in [0.1, 0.15) is 66.5 Å². The number of benzene rings is 2. The maximum atomic E-state index is 10.0. The molecule has 177 valence electrons. The van der Waals surface area contributed by atoms with Gasteiger partial charge in [-0.25, -0.2) is 0 Å². The van der Waals surface area contributed by atoms with Crippen LogP contribution in [-0.4, -0.2) is 15.9 Å². The molecule has 0 aliphatic heterocycles. The molecule has 1 radical (unpaired) electrons. The second kappa shape index (κ2) is 9.52. The summed E-state index contributed by atoms with van der Waals surface area (Å²) >= 11 is 0. The number of carbonyl (C=O) groups is 1. The van der Waals surface area contributed by atoms with Crippen molar-refractivity contribution in [2.75, 3.05) is 0 Å². The number of rotatable bonds is 2. The van der Waals surface area contributed by atoms with Crippen molar-refractivity contribution < 1.29 is 30.0 Å². The van der Waals surface area contributed by atoms with Gasteiger partial charge in [0.2, 0.25) is 0 Å². The monoisotopic (exact) mass is 621 g/mol. The number of allylic oxidation sites excluding steroid dienone is 2. The number of fused-ring (bicyclic) bond motifs is 2. The molecule has 0 unspecified atom stereocenters. The fourth-order valence-corrected chi connectivity index (χ4v) is 4.68. The number of aromatic nitrogens is 1. The minimum atomic E-state index is -0.125. The van der Waals surface area contributed by atoms with Gasteiger partial charge < -0.3 is 10.1 Å². The Hall–Kier alpha value is -2.29. The second-order valence-electron chi connectivity index (χ2n) is 10.4. The normalized spacial score (nSPS) is 17.4. The van der Waals surface area contributed by atoms with E-state index in [4.69, 9.17) is 10.1 Å². The Bertz CT molecular complexity index is 1190. The van der Waals surface area contributed by atoms with Gasteiger partial charge in [0.15, 0.2) is 5.78 Å². The Balaban J connectivity index is 0.000000423. The number of hydrogen-bond acceptors (Lipinski definition) is 3. The summed E-state index contributed by atoms with van der Waals surface area (Å²) in [6, 6.07) is 18.3. The van der Waals surface area contributed by atoms with E-state index in [9.17, 15) is 4.79 Å². The van der Waals surface area contributed by atoms with Crippen LogP contribution in [0.15, 0.2) is 60.5 Å². The van der Waals surface area contributed by atoms with Crippen LogP contribution in [0.5, 0.6) is 0 Å². The standard InChI is InChI=1S/C24H26N.C5H8O2.Ir/c1-22(2)19-12-17-14-21(16-10-8-7-9-11-16)25-15-18(17)13-20(19)23(3,4)24(22,5)6;1-4(6)3-5(2)7;/h7-10,12-15H,1-6H3;3,6H,1-2H3;/q-1;;. The fourth-order valence-electron chi connectivity index (χ4n) is 4.68. The van der Waals surface area contributed by atoms with Crippen molar-refractivity contribution in [3.63, 3.8) is 0 Å². The molecule has 1 heterocycles. The van der Waals surface area contributed by atoms with Crippen molar-refractivity contribution in [3.8, 4) is 11.3 Å². The summed E-state index contributed by atoms with van der Waals surface area (Å²) in [6.45, 7) is 17.2. The average Bonchev–Trinajstić information content (AvgIpc) is 2.81. The van der Waals surface area contributed by atoms with Crippen molar-refractivity contribution in [2.45, 2.75) is 66.2 Å². The van der Waals surface area contributed by atoms with E-state index >= 15 is 0 Å². The molecule has 33 heavy (non-hydrogen) atoms. The van der Waals surface area contributed by atoms with Crippen LogP contribution in [0.2, 0.25) is 0 Å². The molecule has 1 N–H and O–H groups in total. The van der Waals surface area contributed by atoms with Crippen molar-refractivity contribution in [1.29, 1.82) is 0 Å². The Morgan fingerprint density at radius 1 is 0.939 bits per heavy atom. The van der Waals surface area contributed by atoms with Gasteiger partial charge in [0, 0.05) is 32.4 Å². The second-order valence-corrected chi connectivity index (χ2v) is 10.4. The molecule has 0 bridgehead atoms. The topological polar surface area (TPSA) is 50.2 Å². The molecular formula is C29H34IrNO2-. The van der Waals surface area contributed by atoms with E-state index < -0.39 is 0 Å². The average molecular weight is 621 g/mol. The summed E-state index contributed by atoms with van der Waals surface area (Å²) in [5, 5.41) is 10.9. The zero-order valence-electron chi connectivity index (χ0n) is 20.8. The number of aliphatic hydroxyl groups is 1. The number of pyridine rings is 1. The van der Waals surface area contributed by atoms with E-state index in [1.54, 1.807) is 0 Å². The molecule has 0 spiro atoms. The smallest absolute Gasteiger partial charge is 0.155 e. The van der Waals surface area contributed by atoms with Gasteiger partial charge in [-0.2, -0.15) is 0 Å². The van der Waals surface area contributed by atoms with Crippen LogP contribution < -0.4 is 0 Å². The van der Waals surface area contributed by atoms with Crippen molar-refractivity contribution >= 4 is 16.6 Å². The van der Waals surface area contributed by atoms with E-state index in [-0.39, 0.29) is 47.9 Å². The predicted octanol–water partition coefficient (Wildman–Crippen LogP) is 7.33. The molecule has 2 aromatic carbocycles. The van der Waals surface area contributed by atoms with Crippen molar-refractivity contribution in [1.82, 2.24) is 4.98 Å². The summed E-state index contributed by atoms with van der Waals surface area (Å²) < 4.78 is 0. The Morgan fingerprint density at radius 3 is 1.97 bits per heavy atom. The van der Waals surface area contributed by atoms with E-state index in [0.717, 1.165) is 11.3 Å². The summed E-state index contributed by atoms with van der Waals surface area (Å²) in [7, 11) is 0. The molecule has 0 fully saturated rings. The summed E-state index contributed by atoms with van der Waals surface area (Å²) in [5.74, 6) is -0.0625. The van der Waals surface area contributed by atoms with Gasteiger partial charge in [-0.1, -0.05) is 53.7 Å².